The van der Waals surface area contributed by atoms with Crippen LogP contribution >= 0.6 is 0 Å². The summed E-state index contributed by atoms with van der Waals surface area (Å²) in [5, 5.41) is 15.8. The van der Waals surface area contributed by atoms with Crippen molar-refractivity contribution in [2.75, 3.05) is 13.2 Å². The molecule has 7 nitrogen and oxygen atoms in total. The predicted molar refractivity (Wildman–Crippen MR) is 87.7 cm³/mol. The topological polar surface area (TPSA) is 98.1 Å². The van der Waals surface area contributed by atoms with Crippen molar-refractivity contribution in [1.82, 2.24) is 0 Å². The summed E-state index contributed by atoms with van der Waals surface area (Å²) in [6, 6.07) is 9.05. The van der Waals surface area contributed by atoms with Crippen LogP contribution in [0.4, 0.5) is 4.79 Å². The second kappa shape index (κ2) is 7.21. The molecule has 2 rings (SSSR count). The number of rotatable bonds is 5. The van der Waals surface area contributed by atoms with Gasteiger partial charge in [-0.15, -0.1) is 0 Å². The Morgan fingerprint density at radius 1 is 1.42 bits per heavy atom. The molecule has 0 saturated carbocycles. The standard InChI is InChI=1S/C17H24N4O3/c1-17(2,3)21(16(22)23)10-14(19-20-18)9-15(21)12-24-11-13-7-5-4-6-8-13/h4-8,14-15H,9-12H2,1-3H3/t14-,15-,21?/m1/s1. The minimum Gasteiger partial charge on any atom is -0.498 e. The fraction of sp³-hybridized carbons (Fsp3) is 0.588. The van der Waals surface area contributed by atoms with Gasteiger partial charge in [0, 0.05) is 11.3 Å². The molecule has 7 heteroatoms. The van der Waals surface area contributed by atoms with Crippen molar-refractivity contribution >= 4 is 6.09 Å². The first kappa shape index (κ1) is 18.3. The fourth-order valence-electron chi connectivity index (χ4n) is 3.61. The molecular weight excluding hydrogens is 308 g/mol. The maximum Gasteiger partial charge on any atom is 0.258 e. The molecule has 1 aromatic rings. The zero-order chi connectivity index (χ0) is 17.8. The van der Waals surface area contributed by atoms with Crippen LogP contribution in [0.2, 0.25) is 0 Å². The third kappa shape index (κ3) is 3.53. The third-order valence-electron chi connectivity index (χ3n) is 4.83. The monoisotopic (exact) mass is 332 g/mol. The van der Waals surface area contributed by atoms with Crippen molar-refractivity contribution in [3.05, 3.63) is 46.3 Å². The van der Waals surface area contributed by atoms with Gasteiger partial charge in [0.15, 0.2) is 0 Å². The number of carbonyl (C=O) groups excluding carboxylic acids is 1. The number of benzene rings is 1. The van der Waals surface area contributed by atoms with Crippen LogP contribution in [0.25, 0.3) is 10.4 Å². The normalized spacial score (nSPS) is 26.8. The van der Waals surface area contributed by atoms with Crippen molar-refractivity contribution in [2.24, 2.45) is 5.11 Å². The summed E-state index contributed by atoms with van der Waals surface area (Å²) in [6.45, 7) is 6.52. The number of ether oxygens (including phenoxy) is 1. The van der Waals surface area contributed by atoms with Crippen LogP contribution in [-0.4, -0.2) is 41.4 Å². The van der Waals surface area contributed by atoms with E-state index in [1.165, 1.54) is 0 Å². The van der Waals surface area contributed by atoms with E-state index in [0.717, 1.165) is 5.56 Å². The lowest BCUT2D eigenvalue weighted by molar-refractivity contribution is -0.930. The summed E-state index contributed by atoms with van der Waals surface area (Å²) >= 11 is 0. The first-order valence-electron chi connectivity index (χ1n) is 8.06. The van der Waals surface area contributed by atoms with E-state index in [2.05, 4.69) is 10.0 Å². The minimum absolute atomic E-state index is 0.231. The number of nitrogens with zero attached hydrogens (tertiary/aromatic N) is 4. The molecule has 1 unspecified atom stereocenters. The SMILES string of the molecule is CC(C)(C)[N+]1(C(=O)[O-])C[C@H](N=[N+]=[N-])C[C@@H]1COCc1ccccc1. The average Bonchev–Trinajstić information content (AvgIpc) is 2.88. The van der Waals surface area contributed by atoms with Gasteiger partial charge in [-0.1, -0.05) is 35.4 Å². The molecule has 130 valence electrons. The van der Waals surface area contributed by atoms with Gasteiger partial charge in [-0.25, -0.2) is 0 Å². The van der Waals surface area contributed by atoms with Gasteiger partial charge in [0.2, 0.25) is 0 Å². The Balaban J connectivity index is 2.17. The molecule has 0 N–H and O–H groups in total. The summed E-state index contributed by atoms with van der Waals surface area (Å²) < 4.78 is 5.53. The molecule has 1 aliphatic rings. The van der Waals surface area contributed by atoms with Crippen LogP contribution in [-0.2, 0) is 11.3 Å². The Hall–Kier alpha value is -2.08. The third-order valence-corrected chi connectivity index (χ3v) is 4.83. The second-order valence-electron chi connectivity index (χ2n) is 7.24. The molecule has 24 heavy (non-hydrogen) atoms. The maximum absolute atomic E-state index is 12.0. The molecule has 3 atom stereocenters. The van der Waals surface area contributed by atoms with E-state index in [9.17, 15) is 9.90 Å². The molecule has 0 aromatic heterocycles. The highest BCUT2D eigenvalue weighted by atomic mass is 16.5. The van der Waals surface area contributed by atoms with Crippen LogP contribution in [0.15, 0.2) is 35.4 Å². The van der Waals surface area contributed by atoms with Crippen LogP contribution < -0.4 is 5.11 Å². The van der Waals surface area contributed by atoms with E-state index in [1.807, 2.05) is 51.1 Å². The lowest BCUT2D eigenvalue weighted by Crippen LogP contribution is -2.70. The molecule has 1 amide bonds. The van der Waals surface area contributed by atoms with Crippen LogP contribution in [0.5, 0.6) is 0 Å². The van der Waals surface area contributed by atoms with E-state index in [-0.39, 0.29) is 29.7 Å². The molecule has 0 spiro atoms. The van der Waals surface area contributed by atoms with E-state index in [0.29, 0.717) is 13.0 Å². The number of azide groups is 1. The molecule has 0 bridgehead atoms. The van der Waals surface area contributed by atoms with Crippen molar-refractivity contribution in [1.29, 1.82) is 0 Å². The molecule has 1 fully saturated rings. The van der Waals surface area contributed by atoms with Crippen LogP contribution in [0, 0.1) is 0 Å². The molecule has 1 aromatic carbocycles. The Bertz CT molecular complexity index is 622. The maximum atomic E-state index is 12.0. The molecule has 0 radical (unpaired) electrons. The number of quaternary nitrogens is 1. The highest BCUT2D eigenvalue weighted by Crippen LogP contribution is 2.38. The van der Waals surface area contributed by atoms with Crippen molar-refractivity contribution in [3.8, 4) is 0 Å². The summed E-state index contributed by atoms with van der Waals surface area (Å²) in [7, 11) is 0. The van der Waals surface area contributed by atoms with Gasteiger partial charge in [0.1, 0.15) is 6.04 Å². The molecule has 1 saturated heterocycles. The first-order chi connectivity index (χ1) is 11.3. The summed E-state index contributed by atoms with van der Waals surface area (Å²) in [4.78, 5) is 14.9. The number of likely N-dealkylation sites (tertiary alicyclic amines) is 1. The Labute approximate surface area is 142 Å². The van der Waals surface area contributed by atoms with Crippen molar-refractivity contribution in [2.45, 2.75) is 51.4 Å². The van der Waals surface area contributed by atoms with Gasteiger partial charge in [-0.3, -0.25) is 4.48 Å². The predicted octanol–water partition coefficient (Wildman–Crippen LogP) is 2.61. The first-order valence-corrected chi connectivity index (χ1v) is 8.06. The Morgan fingerprint density at radius 2 is 2.08 bits per heavy atom. The summed E-state index contributed by atoms with van der Waals surface area (Å²) in [5.41, 5.74) is 9.15. The zero-order valence-corrected chi connectivity index (χ0v) is 14.4. The molecule has 1 aliphatic heterocycles. The van der Waals surface area contributed by atoms with E-state index in [4.69, 9.17) is 10.3 Å². The average molecular weight is 332 g/mol. The van der Waals surface area contributed by atoms with Gasteiger partial charge >= 0.3 is 0 Å². The van der Waals surface area contributed by atoms with E-state index in [1.54, 1.807) is 0 Å². The lowest BCUT2D eigenvalue weighted by Gasteiger charge is -2.49. The number of hydrogen-bond acceptors (Lipinski definition) is 4. The fourth-order valence-corrected chi connectivity index (χ4v) is 3.61. The summed E-state index contributed by atoms with van der Waals surface area (Å²) in [5.74, 6) is 0. The van der Waals surface area contributed by atoms with Crippen molar-refractivity contribution < 1.29 is 19.1 Å². The number of carboxylic acid groups (broad SMARTS) is 1. The highest BCUT2D eigenvalue weighted by Gasteiger charge is 2.55. The number of carbonyl (C=O) groups is 1. The largest absolute Gasteiger partial charge is 0.498 e. The van der Waals surface area contributed by atoms with Gasteiger partial charge < -0.3 is 14.6 Å². The summed E-state index contributed by atoms with van der Waals surface area (Å²) in [6.07, 6.45) is -0.671. The molecule has 1 heterocycles. The van der Waals surface area contributed by atoms with Crippen LogP contribution in [0.3, 0.4) is 0 Å². The zero-order valence-electron chi connectivity index (χ0n) is 14.4. The smallest absolute Gasteiger partial charge is 0.258 e. The number of hydrogen-bond donors (Lipinski definition) is 0. The van der Waals surface area contributed by atoms with Gasteiger partial charge in [-0.2, -0.15) is 0 Å². The molecule has 0 aliphatic carbocycles. The van der Waals surface area contributed by atoms with Gasteiger partial charge in [0.25, 0.3) is 6.09 Å². The van der Waals surface area contributed by atoms with Crippen molar-refractivity contribution in [3.63, 3.8) is 0 Å². The highest BCUT2D eigenvalue weighted by molar-refractivity contribution is 5.55. The molecular formula is C17H24N4O3. The second-order valence-corrected chi connectivity index (χ2v) is 7.24. The Morgan fingerprint density at radius 3 is 2.62 bits per heavy atom. The quantitative estimate of drug-likeness (QED) is 0.358. The lowest BCUT2D eigenvalue weighted by atomic mass is 10.00. The number of amides is 1. The van der Waals surface area contributed by atoms with E-state index < -0.39 is 11.6 Å². The van der Waals surface area contributed by atoms with E-state index >= 15 is 0 Å². The minimum atomic E-state index is -1.15. The van der Waals surface area contributed by atoms with Gasteiger partial charge in [0.05, 0.1) is 31.3 Å². The Kier molecular flexibility index (Phi) is 5.49. The van der Waals surface area contributed by atoms with Crippen LogP contribution in [0.1, 0.15) is 32.8 Å². The van der Waals surface area contributed by atoms with Gasteiger partial charge in [-0.05, 0) is 31.9 Å².